The van der Waals surface area contributed by atoms with E-state index in [4.69, 9.17) is 0 Å². The van der Waals surface area contributed by atoms with Crippen LogP contribution < -0.4 is 5.69 Å². The third-order valence-electron chi connectivity index (χ3n) is 10.7. The first-order valence-corrected chi connectivity index (χ1v) is 19.8. The van der Waals surface area contributed by atoms with Gasteiger partial charge in [0.25, 0.3) is 11.8 Å². The second kappa shape index (κ2) is 12.3. The summed E-state index contributed by atoms with van der Waals surface area (Å²) in [6, 6.07) is 0. The van der Waals surface area contributed by atoms with E-state index < -0.39 is 31.7 Å². The molecule has 9 heteroatoms. The van der Waals surface area contributed by atoms with Crippen LogP contribution in [0.1, 0.15) is 128 Å². The lowest BCUT2D eigenvalue weighted by Gasteiger charge is -2.38. The Balaban J connectivity index is 1.48. The minimum absolute atomic E-state index is 0.00468. The van der Waals surface area contributed by atoms with Gasteiger partial charge in [0, 0.05) is 22.6 Å². The molecule has 1 aromatic heterocycles. The van der Waals surface area contributed by atoms with Crippen molar-refractivity contribution in [2.75, 3.05) is 0 Å². The molecule has 0 unspecified atom stereocenters. The van der Waals surface area contributed by atoms with E-state index in [1.165, 1.54) is 34.8 Å². The number of hydrogen-bond acceptors (Lipinski definition) is 5. The molecule has 0 aromatic carbocycles. The van der Waals surface area contributed by atoms with Crippen molar-refractivity contribution in [2.45, 2.75) is 164 Å². The normalized spacial score (nSPS) is 24.1. The first kappa shape index (κ1) is 28.6. The first-order chi connectivity index (χ1) is 18.3. The maximum Gasteiger partial charge on any atom is 0.334 e. The summed E-state index contributed by atoms with van der Waals surface area (Å²) >= 11 is 0. The Morgan fingerprint density at radius 2 is 0.737 bits per heavy atom. The zero-order chi connectivity index (χ0) is 26.8. The van der Waals surface area contributed by atoms with E-state index in [1.807, 2.05) is 0 Å². The lowest BCUT2D eigenvalue weighted by molar-refractivity contribution is 0.360. The van der Waals surface area contributed by atoms with Gasteiger partial charge < -0.3 is 19.3 Å². The predicted molar refractivity (Wildman–Crippen MR) is 155 cm³/mol. The molecule has 216 valence electrons. The van der Waals surface area contributed by atoms with Crippen molar-refractivity contribution in [3.63, 3.8) is 0 Å². The van der Waals surface area contributed by atoms with Crippen molar-refractivity contribution in [2.24, 2.45) is 0 Å². The monoisotopic (exact) mass is 568 g/mol. The van der Waals surface area contributed by atoms with Crippen LogP contribution in [0.4, 0.5) is 0 Å². The molecule has 4 aliphatic carbocycles. The highest BCUT2D eigenvalue weighted by molar-refractivity contribution is 7.64. The predicted octanol–water partition coefficient (Wildman–Crippen LogP) is 8.03. The Morgan fingerprint density at radius 1 is 0.500 bits per heavy atom. The fraction of sp³-hybridized carbons (Fsp3) is 0.897. The minimum atomic E-state index is -2.85. The molecule has 38 heavy (non-hydrogen) atoms. The molecule has 0 aliphatic heterocycles. The van der Waals surface area contributed by atoms with Crippen LogP contribution in [0.25, 0.3) is 0 Å². The third-order valence-corrected chi connectivity index (χ3v) is 19.1. The van der Waals surface area contributed by atoms with E-state index in [-0.39, 0.29) is 35.2 Å². The SMILES string of the molecule is O=c1n(CP(=O)(C2CCCCC2)C2CCCCC2)c(O)c(O)n1CP(=O)(C1CCCCC1)C1CCCCC1. The summed E-state index contributed by atoms with van der Waals surface area (Å²) in [6.45, 7) is 0. The summed E-state index contributed by atoms with van der Waals surface area (Å²) < 4.78 is 32.2. The average Bonchev–Trinajstić information content (AvgIpc) is 3.17. The Hall–Kier alpha value is -0.930. The highest BCUT2D eigenvalue weighted by atomic mass is 31.2. The second-order valence-corrected chi connectivity index (χ2v) is 19.8. The van der Waals surface area contributed by atoms with Crippen LogP contribution in [-0.4, -0.2) is 42.0 Å². The molecule has 4 aliphatic rings. The number of aromatic hydroxyl groups is 2. The second-order valence-electron chi connectivity index (χ2n) is 12.9. The van der Waals surface area contributed by atoms with Gasteiger partial charge in [0.05, 0.1) is 12.6 Å². The van der Waals surface area contributed by atoms with Crippen LogP contribution in [0.2, 0.25) is 0 Å². The molecule has 0 amide bonds. The summed E-state index contributed by atoms with van der Waals surface area (Å²) in [7, 11) is -5.69. The van der Waals surface area contributed by atoms with Gasteiger partial charge in [-0.15, -0.1) is 0 Å². The zero-order valence-electron chi connectivity index (χ0n) is 23.3. The molecular formula is C29H50N2O5P2. The lowest BCUT2D eigenvalue weighted by Crippen LogP contribution is -2.32. The smallest absolute Gasteiger partial charge is 0.334 e. The maximum atomic E-state index is 14.9. The van der Waals surface area contributed by atoms with Gasteiger partial charge in [0.15, 0.2) is 0 Å². The fourth-order valence-electron chi connectivity index (χ4n) is 8.40. The summed E-state index contributed by atoms with van der Waals surface area (Å²) in [4.78, 5) is 13.9. The van der Waals surface area contributed by atoms with E-state index >= 15 is 0 Å². The van der Waals surface area contributed by atoms with Gasteiger partial charge in [-0.1, -0.05) is 77.0 Å². The van der Waals surface area contributed by atoms with E-state index in [0.717, 1.165) is 103 Å². The molecule has 0 spiro atoms. The molecule has 0 bridgehead atoms. The number of rotatable bonds is 8. The van der Waals surface area contributed by atoms with E-state index in [0.29, 0.717) is 0 Å². The van der Waals surface area contributed by atoms with Gasteiger partial charge in [0.2, 0.25) is 0 Å². The summed E-state index contributed by atoms with van der Waals surface area (Å²) in [5, 5.41) is 22.1. The molecule has 4 fully saturated rings. The molecule has 0 saturated heterocycles. The topological polar surface area (TPSA) is 102 Å². The Kier molecular flexibility index (Phi) is 9.25. The van der Waals surface area contributed by atoms with E-state index in [9.17, 15) is 24.1 Å². The third kappa shape index (κ3) is 5.63. The molecule has 0 atom stereocenters. The van der Waals surface area contributed by atoms with Crippen molar-refractivity contribution < 1.29 is 19.3 Å². The summed E-state index contributed by atoms with van der Waals surface area (Å²) in [6.07, 6.45) is 20.6. The van der Waals surface area contributed by atoms with Crippen molar-refractivity contribution in [1.29, 1.82) is 0 Å². The summed E-state index contributed by atoms with van der Waals surface area (Å²) in [5.74, 6) is -0.971. The standard InChI is InChI=1S/C29H50N2O5P2/c32-27-28(33)31(22-38(36,25-17-9-3-10-18-25)26-19-11-4-12-20-26)29(34)30(27)21-37(35,23-13-5-1-6-14-23)24-15-7-2-8-16-24/h23-26,32-33H,1-22H2. The first-order valence-electron chi connectivity index (χ1n) is 15.7. The molecule has 7 nitrogen and oxygen atoms in total. The fourth-order valence-corrected chi connectivity index (χ4v) is 16.9. The quantitative estimate of drug-likeness (QED) is 0.309. The maximum absolute atomic E-state index is 14.9. The van der Waals surface area contributed by atoms with E-state index in [2.05, 4.69) is 0 Å². The molecule has 1 heterocycles. The zero-order valence-corrected chi connectivity index (χ0v) is 25.1. The van der Waals surface area contributed by atoms with Gasteiger partial charge in [-0.2, -0.15) is 0 Å². The van der Waals surface area contributed by atoms with Crippen LogP contribution in [0, 0.1) is 0 Å². The molecule has 4 saturated carbocycles. The van der Waals surface area contributed by atoms with Gasteiger partial charge >= 0.3 is 5.69 Å². The highest BCUT2D eigenvalue weighted by Gasteiger charge is 2.45. The van der Waals surface area contributed by atoms with Gasteiger partial charge in [0.1, 0.15) is 14.3 Å². The molecule has 1 aromatic rings. The van der Waals surface area contributed by atoms with Gasteiger partial charge in [-0.25, -0.2) is 4.79 Å². The van der Waals surface area contributed by atoms with Gasteiger partial charge in [-0.05, 0) is 51.4 Å². The van der Waals surface area contributed by atoms with Crippen molar-refractivity contribution in [3.05, 3.63) is 10.5 Å². The molecular weight excluding hydrogens is 518 g/mol. The van der Waals surface area contributed by atoms with Crippen LogP contribution in [-0.2, 0) is 21.7 Å². The summed E-state index contributed by atoms with van der Waals surface area (Å²) in [5.41, 5.74) is -0.171. The number of hydrogen-bond donors (Lipinski definition) is 2. The number of aromatic nitrogens is 2. The molecule has 0 radical (unpaired) electrons. The van der Waals surface area contributed by atoms with Crippen molar-refractivity contribution in [1.82, 2.24) is 9.13 Å². The van der Waals surface area contributed by atoms with Crippen LogP contribution in [0.15, 0.2) is 4.79 Å². The Labute approximate surface area is 228 Å². The highest BCUT2D eigenvalue weighted by Crippen LogP contribution is 2.65. The number of nitrogens with zero attached hydrogens (tertiary/aromatic N) is 2. The lowest BCUT2D eigenvalue weighted by atomic mass is 9.99. The molecule has 2 N–H and O–H groups in total. The van der Waals surface area contributed by atoms with E-state index in [1.54, 1.807) is 0 Å². The minimum Gasteiger partial charge on any atom is -0.491 e. The van der Waals surface area contributed by atoms with Crippen LogP contribution in [0.5, 0.6) is 11.8 Å². The van der Waals surface area contributed by atoms with Crippen molar-refractivity contribution in [3.8, 4) is 11.8 Å². The average molecular weight is 569 g/mol. The van der Waals surface area contributed by atoms with Crippen LogP contribution >= 0.6 is 14.3 Å². The Morgan fingerprint density at radius 3 is 0.974 bits per heavy atom. The van der Waals surface area contributed by atoms with Crippen molar-refractivity contribution >= 4 is 14.3 Å². The largest absolute Gasteiger partial charge is 0.491 e. The van der Waals surface area contributed by atoms with Gasteiger partial charge in [-0.3, -0.25) is 9.13 Å². The molecule has 5 rings (SSSR count). The number of imidazole rings is 1. The van der Waals surface area contributed by atoms with Crippen LogP contribution in [0.3, 0.4) is 0 Å². The Bertz CT molecular complexity index is 961.